The largest absolute Gasteiger partial charge is 0.393 e. The van der Waals surface area contributed by atoms with Gasteiger partial charge in [0.2, 0.25) is 0 Å². The molecular formula is C22H31N5. The summed E-state index contributed by atoms with van der Waals surface area (Å²) in [6, 6.07) is 6.86. The number of aromatic nitrogens is 2. The molecule has 1 aromatic carbocycles. The summed E-state index contributed by atoms with van der Waals surface area (Å²) in [4.78, 5) is 11.5. The topological polar surface area (TPSA) is 67.1 Å². The Bertz CT molecular complexity index is 875. The van der Waals surface area contributed by atoms with Crippen molar-refractivity contribution in [2.24, 2.45) is 10.8 Å². The van der Waals surface area contributed by atoms with Crippen LogP contribution in [0.1, 0.15) is 51.2 Å². The van der Waals surface area contributed by atoms with Crippen LogP contribution in [-0.2, 0) is 0 Å². The molecule has 4 rings (SSSR count). The highest BCUT2D eigenvalue weighted by molar-refractivity contribution is 5.79. The van der Waals surface area contributed by atoms with Crippen LogP contribution in [-0.4, -0.2) is 22.6 Å². The first-order valence-corrected chi connectivity index (χ1v) is 9.87. The van der Waals surface area contributed by atoms with Gasteiger partial charge in [-0.3, -0.25) is 0 Å². The normalized spacial score (nSPS) is 26.3. The zero-order chi connectivity index (χ0) is 19.4. The van der Waals surface area contributed by atoms with Crippen molar-refractivity contribution < 1.29 is 0 Å². The van der Waals surface area contributed by atoms with Gasteiger partial charge in [0.15, 0.2) is 11.6 Å². The molecule has 2 fully saturated rings. The molecule has 1 saturated carbocycles. The Morgan fingerprint density at radius 2 is 1.93 bits per heavy atom. The van der Waals surface area contributed by atoms with Gasteiger partial charge in [-0.05, 0) is 61.1 Å². The van der Waals surface area contributed by atoms with Crippen molar-refractivity contribution in [1.82, 2.24) is 9.97 Å². The monoisotopic (exact) mass is 365 g/mol. The quantitative estimate of drug-likeness (QED) is 0.816. The van der Waals surface area contributed by atoms with E-state index in [0.29, 0.717) is 28.4 Å². The van der Waals surface area contributed by atoms with Crippen LogP contribution in [0.15, 0.2) is 24.5 Å². The van der Waals surface area contributed by atoms with Crippen LogP contribution in [0.2, 0.25) is 0 Å². The van der Waals surface area contributed by atoms with Crippen molar-refractivity contribution in [3.05, 3.63) is 35.7 Å². The van der Waals surface area contributed by atoms with Crippen molar-refractivity contribution in [2.75, 3.05) is 22.5 Å². The van der Waals surface area contributed by atoms with E-state index >= 15 is 0 Å². The minimum atomic E-state index is 0.338. The average Bonchev–Trinajstić information content (AvgIpc) is 2.81. The fraction of sp³-hybridized carbons (Fsp3) is 0.545. The van der Waals surface area contributed by atoms with E-state index in [-0.39, 0.29) is 0 Å². The maximum atomic E-state index is 6.56. The molecule has 2 heterocycles. The zero-order valence-corrected chi connectivity index (χ0v) is 17.1. The molecule has 1 aliphatic carbocycles. The second-order valence-electron chi connectivity index (χ2n) is 9.74. The molecule has 2 aliphatic rings. The molecule has 27 heavy (non-hydrogen) atoms. The van der Waals surface area contributed by atoms with E-state index in [1.807, 2.05) is 0 Å². The SMILES string of the molecule is Cc1ccc(C)c(Nc2ncnc(N3CC4(C)CC3CC(C)(C)C4)c2N)c1. The van der Waals surface area contributed by atoms with Gasteiger partial charge in [-0.1, -0.05) is 32.9 Å². The number of nitrogens with two attached hydrogens (primary N) is 1. The van der Waals surface area contributed by atoms with Crippen molar-refractivity contribution in [3.8, 4) is 0 Å². The fourth-order valence-corrected chi connectivity index (χ4v) is 5.42. The molecule has 0 spiro atoms. The van der Waals surface area contributed by atoms with E-state index < -0.39 is 0 Å². The van der Waals surface area contributed by atoms with Crippen molar-refractivity contribution >= 4 is 23.0 Å². The Balaban J connectivity index is 1.66. The van der Waals surface area contributed by atoms with Crippen LogP contribution in [0.4, 0.5) is 23.0 Å². The minimum Gasteiger partial charge on any atom is -0.393 e. The average molecular weight is 366 g/mol. The summed E-state index contributed by atoms with van der Waals surface area (Å²) in [5.74, 6) is 1.57. The smallest absolute Gasteiger partial charge is 0.159 e. The zero-order valence-electron chi connectivity index (χ0n) is 17.1. The molecular weight excluding hydrogens is 334 g/mol. The van der Waals surface area contributed by atoms with Crippen LogP contribution in [0.3, 0.4) is 0 Å². The summed E-state index contributed by atoms with van der Waals surface area (Å²) < 4.78 is 0. The maximum absolute atomic E-state index is 6.56. The van der Waals surface area contributed by atoms with Gasteiger partial charge in [0.1, 0.15) is 12.0 Å². The second kappa shape index (κ2) is 6.11. The Morgan fingerprint density at radius 1 is 1.15 bits per heavy atom. The van der Waals surface area contributed by atoms with Crippen molar-refractivity contribution in [3.63, 3.8) is 0 Å². The van der Waals surface area contributed by atoms with E-state index in [1.54, 1.807) is 6.33 Å². The molecule has 1 saturated heterocycles. The highest BCUT2D eigenvalue weighted by Crippen LogP contribution is 2.54. The van der Waals surface area contributed by atoms with E-state index in [2.05, 4.69) is 73.0 Å². The van der Waals surface area contributed by atoms with Crippen LogP contribution < -0.4 is 16.0 Å². The third-order valence-corrected chi connectivity index (χ3v) is 6.20. The second-order valence-corrected chi connectivity index (χ2v) is 9.74. The number of aryl methyl sites for hydroxylation is 2. The number of nitrogens with one attached hydrogen (secondary N) is 1. The van der Waals surface area contributed by atoms with Gasteiger partial charge >= 0.3 is 0 Å². The summed E-state index contributed by atoms with van der Waals surface area (Å²) in [5.41, 5.74) is 11.3. The number of hydrogen-bond donors (Lipinski definition) is 2. The van der Waals surface area contributed by atoms with Gasteiger partial charge in [-0.2, -0.15) is 0 Å². The van der Waals surface area contributed by atoms with Crippen molar-refractivity contribution in [1.29, 1.82) is 0 Å². The molecule has 2 aromatic rings. The van der Waals surface area contributed by atoms with Gasteiger partial charge in [0.05, 0.1) is 0 Å². The molecule has 1 aliphatic heterocycles. The number of rotatable bonds is 3. The third-order valence-electron chi connectivity index (χ3n) is 6.20. The molecule has 144 valence electrons. The van der Waals surface area contributed by atoms with Gasteiger partial charge in [0, 0.05) is 18.3 Å². The molecule has 2 bridgehead atoms. The standard InChI is InChI=1S/C22H31N5/c1-14-6-7-15(2)17(8-14)26-19-18(23)20(25-13-24-19)27-12-22(5)10-16(27)9-21(3,4)11-22/h6-8,13,16H,9-12,23H2,1-5H3,(H,24,25,26). The van der Waals surface area contributed by atoms with E-state index in [4.69, 9.17) is 5.73 Å². The predicted octanol–water partition coefficient (Wildman–Crippen LogP) is 4.82. The summed E-state index contributed by atoms with van der Waals surface area (Å²) in [7, 11) is 0. The fourth-order valence-electron chi connectivity index (χ4n) is 5.42. The molecule has 5 nitrogen and oxygen atoms in total. The summed E-state index contributed by atoms with van der Waals surface area (Å²) in [5, 5.41) is 3.43. The first-order chi connectivity index (χ1) is 12.7. The molecule has 0 amide bonds. The number of nitrogens with zero attached hydrogens (tertiary/aromatic N) is 3. The lowest BCUT2D eigenvalue weighted by Crippen LogP contribution is -2.35. The summed E-state index contributed by atoms with van der Waals surface area (Å²) in [6.07, 6.45) is 5.30. The lowest BCUT2D eigenvalue weighted by Gasteiger charge is -2.39. The Labute approximate surface area is 162 Å². The predicted molar refractivity (Wildman–Crippen MR) is 113 cm³/mol. The number of hydrogen-bond acceptors (Lipinski definition) is 5. The Hall–Kier alpha value is -2.30. The number of nitrogen functional groups attached to an aromatic ring is 1. The lowest BCUT2D eigenvalue weighted by molar-refractivity contribution is 0.136. The molecule has 2 atom stereocenters. The van der Waals surface area contributed by atoms with Crippen molar-refractivity contribution in [2.45, 2.75) is 59.9 Å². The van der Waals surface area contributed by atoms with Crippen LogP contribution in [0.25, 0.3) is 0 Å². The Morgan fingerprint density at radius 3 is 2.70 bits per heavy atom. The molecule has 0 radical (unpaired) electrons. The molecule has 2 unspecified atom stereocenters. The summed E-state index contributed by atoms with van der Waals surface area (Å²) in [6.45, 7) is 12.4. The van der Waals surface area contributed by atoms with E-state index in [1.165, 1.54) is 30.4 Å². The van der Waals surface area contributed by atoms with E-state index in [0.717, 1.165) is 18.1 Å². The highest BCUT2D eigenvalue weighted by Gasteiger charge is 2.50. The number of fused-ring (bicyclic) bond motifs is 2. The van der Waals surface area contributed by atoms with E-state index in [9.17, 15) is 0 Å². The molecule has 1 aromatic heterocycles. The highest BCUT2D eigenvalue weighted by atomic mass is 15.3. The minimum absolute atomic E-state index is 0.338. The third kappa shape index (κ3) is 3.35. The van der Waals surface area contributed by atoms with Gasteiger partial charge in [-0.25, -0.2) is 9.97 Å². The Kier molecular flexibility index (Phi) is 4.09. The molecule has 5 heteroatoms. The summed E-state index contributed by atoms with van der Waals surface area (Å²) >= 11 is 0. The number of benzene rings is 1. The van der Waals surface area contributed by atoms with Gasteiger partial charge < -0.3 is 16.0 Å². The van der Waals surface area contributed by atoms with Gasteiger partial charge in [0.25, 0.3) is 0 Å². The first kappa shape index (κ1) is 18.1. The van der Waals surface area contributed by atoms with Crippen LogP contribution in [0, 0.1) is 24.7 Å². The molecule has 3 N–H and O–H groups in total. The van der Waals surface area contributed by atoms with Gasteiger partial charge in [-0.15, -0.1) is 0 Å². The van der Waals surface area contributed by atoms with Crippen LogP contribution >= 0.6 is 0 Å². The lowest BCUT2D eigenvalue weighted by atomic mass is 9.65. The number of anilines is 4. The first-order valence-electron chi connectivity index (χ1n) is 9.87. The van der Waals surface area contributed by atoms with Crippen LogP contribution in [0.5, 0.6) is 0 Å². The maximum Gasteiger partial charge on any atom is 0.159 e.